The second-order valence-electron chi connectivity index (χ2n) is 5.82. The van der Waals surface area contributed by atoms with Gasteiger partial charge in [-0.2, -0.15) is 0 Å². The highest BCUT2D eigenvalue weighted by Crippen LogP contribution is 2.24. The summed E-state index contributed by atoms with van der Waals surface area (Å²) in [5.74, 6) is 0.250. The van der Waals surface area contributed by atoms with E-state index in [9.17, 15) is 4.79 Å². The first kappa shape index (κ1) is 13.4. The van der Waals surface area contributed by atoms with Gasteiger partial charge in [0.05, 0.1) is 0 Å². The van der Waals surface area contributed by atoms with Gasteiger partial charge in [0.2, 0.25) is 5.91 Å². The summed E-state index contributed by atoms with van der Waals surface area (Å²) in [5.41, 5.74) is 3.57. The molecule has 3 nitrogen and oxygen atoms in total. The summed E-state index contributed by atoms with van der Waals surface area (Å²) in [6, 6.07) is 10.9. The zero-order chi connectivity index (χ0) is 13.9. The van der Waals surface area contributed by atoms with E-state index >= 15 is 0 Å². The third-order valence-electron chi connectivity index (χ3n) is 4.48. The van der Waals surface area contributed by atoms with Crippen LogP contribution in [-0.4, -0.2) is 36.5 Å². The van der Waals surface area contributed by atoms with Crippen LogP contribution in [0.4, 0.5) is 0 Å². The van der Waals surface area contributed by atoms with Crippen molar-refractivity contribution in [3.63, 3.8) is 0 Å². The van der Waals surface area contributed by atoms with Gasteiger partial charge in [-0.3, -0.25) is 4.79 Å². The van der Waals surface area contributed by atoms with Gasteiger partial charge in [-0.1, -0.05) is 30.3 Å². The van der Waals surface area contributed by atoms with Crippen molar-refractivity contribution in [3.8, 4) is 0 Å². The van der Waals surface area contributed by atoms with E-state index in [2.05, 4.69) is 34.5 Å². The molecule has 1 aromatic carbocycles. The average molecular weight is 270 g/mol. The molecule has 2 aliphatic heterocycles. The first-order chi connectivity index (χ1) is 9.75. The van der Waals surface area contributed by atoms with Crippen molar-refractivity contribution in [3.05, 3.63) is 47.0 Å². The molecule has 1 atom stereocenters. The fourth-order valence-electron chi connectivity index (χ4n) is 3.08. The van der Waals surface area contributed by atoms with E-state index in [1.54, 1.807) is 0 Å². The highest BCUT2D eigenvalue weighted by molar-refractivity contribution is 5.94. The Bertz CT molecular complexity index is 515. The lowest BCUT2D eigenvalue weighted by Crippen LogP contribution is -2.41. The fraction of sp³-hybridized carbons (Fsp3) is 0.471. The van der Waals surface area contributed by atoms with Gasteiger partial charge in [-0.15, -0.1) is 0 Å². The molecule has 20 heavy (non-hydrogen) atoms. The summed E-state index contributed by atoms with van der Waals surface area (Å²) < 4.78 is 0. The Hall–Kier alpha value is -1.61. The largest absolute Gasteiger partial charge is 0.336 e. The van der Waals surface area contributed by atoms with E-state index in [0.29, 0.717) is 6.04 Å². The van der Waals surface area contributed by atoms with Gasteiger partial charge in [0.25, 0.3) is 0 Å². The summed E-state index contributed by atoms with van der Waals surface area (Å²) >= 11 is 0. The number of hydrogen-bond acceptors (Lipinski definition) is 2. The minimum atomic E-state index is 0.250. The van der Waals surface area contributed by atoms with Gasteiger partial charge < -0.3 is 10.2 Å². The Morgan fingerprint density at radius 3 is 2.70 bits per heavy atom. The second kappa shape index (κ2) is 5.80. The van der Waals surface area contributed by atoms with Crippen LogP contribution in [0.1, 0.15) is 25.3 Å². The Labute approximate surface area is 120 Å². The molecule has 106 valence electrons. The van der Waals surface area contributed by atoms with E-state index < -0.39 is 0 Å². The molecule has 2 heterocycles. The molecular formula is C17H22N2O. The number of hydrogen-bond donors (Lipinski definition) is 1. The molecular weight excluding hydrogens is 248 g/mol. The highest BCUT2D eigenvalue weighted by Gasteiger charge is 2.30. The lowest BCUT2D eigenvalue weighted by atomic mass is 10.0. The smallest absolute Gasteiger partial charge is 0.249 e. The standard InChI is InChI=1S/C17H22N2O/c1-13(15-11-18-12-15)17(20)19-9-5-8-16(19)10-14-6-3-2-4-7-14/h2-4,6-7,16,18H,5,8-12H2,1H3. The summed E-state index contributed by atoms with van der Waals surface area (Å²) in [4.78, 5) is 14.7. The lowest BCUT2D eigenvalue weighted by molar-refractivity contribution is -0.127. The van der Waals surface area contributed by atoms with Gasteiger partial charge in [0.15, 0.2) is 0 Å². The average Bonchev–Trinajstić information content (AvgIpc) is 2.85. The topological polar surface area (TPSA) is 32.3 Å². The van der Waals surface area contributed by atoms with Crippen molar-refractivity contribution in [2.45, 2.75) is 32.2 Å². The molecule has 1 N–H and O–H groups in total. The SMILES string of the molecule is CC(C(=O)N1CCCC1Cc1ccccc1)=C1CNC1. The molecule has 1 unspecified atom stereocenters. The number of carbonyl (C=O) groups is 1. The van der Waals surface area contributed by atoms with E-state index in [-0.39, 0.29) is 5.91 Å². The van der Waals surface area contributed by atoms with Crippen LogP contribution in [0.5, 0.6) is 0 Å². The second-order valence-corrected chi connectivity index (χ2v) is 5.82. The monoisotopic (exact) mass is 270 g/mol. The van der Waals surface area contributed by atoms with Gasteiger partial charge in [-0.05, 0) is 37.3 Å². The Kier molecular flexibility index (Phi) is 3.88. The first-order valence-electron chi connectivity index (χ1n) is 7.50. The summed E-state index contributed by atoms with van der Waals surface area (Å²) in [6.45, 7) is 4.66. The maximum Gasteiger partial charge on any atom is 0.249 e. The predicted molar refractivity (Wildman–Crippen MR) is 80.5 cm³/mol. The van der Waals surface area contributed by atoms with Crippen LogP contribution >= 0.6 is 0 Å². The quantitative estimate of drug-likeness (QED) is 0.854. The molecule has 0 saturated carbocycles. The number of nitrogens with zero attached hydrogens (tertiary/aromatic N) is 1. The van der Waals surface area contributed by atoms with Crippen molar-refractivity contribution in [2.75, 3.05) is 19.6 Å². The summed E-state index contributed by atoms with van der Waals surface area (Å²) in [6.07, 6.45) is 3.24. The van der Waals surface area contributed by atoms with E-state index in [1.165, 1.54) is 11.1 Å². The molecule has 3 rings (SSSR count). The molecule has 0 bridgehead atoms. The molecule has 1 amide bonds. The number of nitrogens with one attached hydrogen (secondary N) is 1. The summed E-state index contributed by atoms with van der Waals surface area (Å²) in [5, 5.41) is 3.21. The molecule has 2 aliphatic rings. The number of carbonyl (C=O) groups excluding carboxylic acids is 1. The molecule has 0 aromatic heterocycles. The Balaban J connectivity index is 1.71. The van der Waals surface area contributed by atoms with Crippen molar-refractivity contribution in [2.24, 2.45) is 0 Å². The van der Waals surface area contributed by atoms with Gasteiger partial charge >= 0.3 is 0 Å². The van der Waals surface area contributed by atoms with Crippen LogP contribution in [-0.2, 0) is 11.2 Å². The van der Waals surface area contributed by atoms with Crippen molar-refractivity contribution in [1.82, 2.24) is 10.2 Å². The van der Waals surface area contributed by atoms with Gasteiger partial charge in [0.1, 0.15) is 0 Å². The van der Waals surface area contributed by atoms with Crippen LogP contribution in [0.15, 0.2) is 41.5 Å². The molecule has 2 fully saturated rings. The Morgan fingerprint density at radius 2 is 2.05 bits per heavy atom. The molecule has 2 saturated heterocycles. The maximum atomic E-state index is 12.6. The van der Waals surface area contributed by atoms with Crippen molar-refractivity contribution >= 4 is 5.91 Å². The van der Waals surface area contributed by atoms with Gasteiger partial charge in [-0.25, -0.2) is 0 Å². The number of rotatable bonds is 3. The number of benzene rings is 1. The van der Waals surface area contributed by atoms with E-state index in [1.807, 2.05) is 13.0 Å². The normalized spacial score (nSPS) is 21.8. The van der Waals surface area contributed by atoms with Crippen LogP contribution in [0.25, 0.3) is 0 Å². The van der Waals surface area contributed by atoms with Crippen LogP contribution < -0.4 is 5.32 Å². The van der Waals surface area contributed by atoms with Crippen molar-refractivity contribution in [1.29, 1.82) is 0 Å². The molecule has 0 radical (unpaired) electrons. The fourth-order valence-corrected chi connectivity index (χ4v) is 3.08. The Morgan fingerprint density at radius 1 is 1.30 bits per heavy atom. The van der Waals surface area contributed by atoms with Crippen LogP contribution in [0.3, 0.4) is 0 Å². The number of likely N-dealkylation sites (tertiary alicyclic amines) is 1. The molecule has 3 heteroatoms. The molecule has 1 aromatic rings. The predicted octanol–water partition coefficient (Wildman–Crippen LogP) is 2.14. The highest BCUT2D eigenvalue weighted by atomic mass is 16.2. The third-order valence-corrected chi connectivity index (χ3v) is 4.48. The molecule has 0 spiro atoms. The minimum absolute atomic E-state index is 0.250. The van der Waals surface area contributed by atoms with Crippen molar-refractivity contribution < 1.29 is 4.79 Å². The lowest BCUT2D eigenvalue weighted by Gasteiger charge is -2.28. The van der Waals surface area contributed by atoms with E-state index in [0.717, 1.165) is 44.5 Å². The van der Waals surface area contributed by atoms with Gasteiger partial charge in [0, 0.05) is 31.2 Å². The summed E-state index contributed by atoms with van der Waals surface area (Å²) in [7, 11) is 0. The van der Waals surface area contributed by atoms with Crippen LogP contribution in [0, 0.1) is 0 Å². The number of amides is 1. The zero-order valence-electron chi connectivity index (χ0n) is 12.1. The van der Waals surface area contributed by atoms with E-state index in [4.69, 9.17) is 0 Å². The molecule has 0 aliphatic carbocycles. The third kappa shape index (κ3) is 2.63. The maximum absolute atomic E-state index is 12.6. The first-order valence-corrected chi connectivity index (χ1v) is 7.50. The zero-order valence-corrected chi connectivity index (χ0v) is 12.1. The minimum Gasteiger partial charge on any atom is -0.336 e. The van der Waals surface area contributed by atoms with Crippen LogP contribution in [0.2, 0.25) is 0 Å².